The van der Waals surface area contributed by atoms with Gasteiger partial charge in [-0.15, -0.1) is 0 Å². The van der Waals surface area contributed by atoms with Crippen LogP contribution in [0, 0.1) is 0 Å². The molecule has 3 N–H and O–H groups in total. The van der Waals surface area contributed by atoms with E-state index < -0.39 is 6.03 Å². The van der Waals surface area contributed by atoms with E-state index in [4.69, 9.17) is 19.9 Å². The Bertz CT molecular complexity index is 662. The number of hydrogen-bond acceptors (Lipinski definition) is 9. The summed E-state index contributed by atoms with van der Waals surface area (Å²) in [6.07, 6.45) is 7.32. The van der Waals surface area contributed by atoms with E-state index in [2.05, 4.69) is 20.2 Å². The van der Waals surface area contributed by atoms with Gasteiger partial charge >= 0.3 is 12.0 Å². The quantitative estimate of drug-likeness (QED) is 0.447. The van der Waals surface area contributed by atoms with Crippen LogP contribution in [0.1, 0.15) is 52.4 Å². The molecular formula is C20H36N6O3. The molecule has 0 aromatic carbocycles. The fraction of sp³-hybridized carbons (Fsp3) is 0.800. The lowest BCUT2D eigenvalue weighted by atomic mass is 10.1. The van der Waals surface area contributed by atoms with Crippen molar-refractivity contribution >= 4 is 17.3 Å². The molecule has 1 aromatic rings. The number of rotatable bonds is 10. The summed E-state index contributed by atoms with van der Waals surface area (Å²) in [6, 6.07) is -0.884. The second kappa shape index (κ2) is 9.77. The molecule has 0 amide bonds. The number of ether oxygens (including phenoxy) is 3. The molecule has 0 unspecified atom stereocenters. The molecule has 3 heterocycles. The molecular weight excluding hydrogens is 372 g/mol. The molecule has 0 aliphatic carbocycles. The number of anilines is 3. The average Bonchev–Trinajstić information content (AvgIpc) is 3.03. The topological polar surface area (TPSA) is 98.0 Å². The predicted octanol–water partition coefficient (Wildman–Crippen LogP) is 2.64. The zero-order valence-corrected chi connectivity index (χ0v) is 18.2. The molecule has 3 rings (SSSR count). The summed E-state index contributed by atoms with van der Waals surface area (Å²) in [6.45, 7) is 8.25. The Balaban J connectivity index is 1.65. The second-order valence-electron chi connectivity index (χ2n) is 7.99. The van der Waals surface area contributed by atoms with Gasteiger partial charge in [0.05, 0.1) is 6.10 Å². The Morgan fingerprint density at radius 3 is 2.38 bits per heavy atom. The molecule has 29 heavy (non-hydrogen) atoms. The van der Waals surface area contributed by atoms with Crippen LogP contribution in [0.4, 0.5) is 17.3 Å². The van der Waals surface area contributed by atoms with Gasteiger partial charge in [-0.1, -0.05) is 12.8 Å². The van der Waals surface area contributed by atoms with Gasteiger partial charge in [0.1, 0.15) is 5.69 Å². The van der Waals surface area contributed by atoms with Gasteiger partial charge in [-0.25, -0.2) is 0 Å². The van der Waals surface area contributed by atoms with Crippen molar-refractivity contribution in [1.29, 1.82) is 0 Å². The fourth-order valence-corrected chi connectivity index (χ4v) is 4.01. The minimum atomic E-state index is -1.14. The number of aromatic nitrogens is 2. The summed E-state index contributed by atoms with van der Waals surface area (Å²) in [7, 11) is 3.20. The molecule has 1 fully saturated rings. The number of nitrogens with one attached hydrogen (secondary N) is 1. The maximum atomic E-state index is 6.16. The molecule has 1 saturated heterocycles. The largest absolute Gasteiger partial charge is 0.461 e. The van der Waals surface area contributed by atoms with Crippen LogP contribution < -0.4 is 20.7 Å². The van der Waals surface area contributed by atoms with Crippen LogP contribution in [-0.2, 0) is 9.47 Å². The van der Waals surface area contributed by atoms with Crippen molar-refractivity contribution in [3.8, 4) is 6.01 Å². The lowest BCUT2D eigenvalue weighted by Crippen LogP contribution is -2.54. The number of unbranched alkanes of at least 4 members (excludes halogenated alkanes) is 2. The molecule has 2 aliphatic rings. The van der Waals surface area contributed by atoms with Gasteiger partial charge in [0.25, 0.3) is 0 Å². The monoisotopic (exact) mass is 408 g/mol. The smallest absolute Gasteiger partial charge is 0.341 e. The lowest BCUT2D eigenvalue weighted by Gasteiger charge is -2.35. The van der Waals surface area contributed by atoms with E-state index in [9.17, 15) is 0 Å². The summed E-state index contributed by atoms with van der Waals surface area (Å²) in [5.41, 5.74) is 6.77. The fourth-order valence-electron chi connectivity index (χ4n) is 4.01. The van der Waals surface area contributed by atoms with E-state index in [1.165, 1.54) is 45.3 Å². The summed E-state index contributed by atoms with van der Waals surface area (Å²) in [5.74, 6) is 0.963. The van der Waals surface area contributed by atoms with Crippen molar-refractivity contribution in [2.24, 2.45) is 0 Å². The molecule has 0 radical (unpaired) electrons. The Morgan fingerprint density at radius 2 is 1.72 bits per heavy atom. The van der Waals surface area contributed by atoms with E-state index in [0.717, 1.165) is 19.4 Å². The first-order valence-corrected chi connectivity index (χ1v) is 10.7. The average molecular weight is 409 g/mol. The van der Waals surface area contributed by atoms with Crippen LogP contribution in [0.2, 0.25) is 0 Å². The van der Waals surface area contributed by atoms with Crippen molar-refractivity contribution < 1.29 is 14.2 Å². The minimum absolute atomic E-state index is 0.0420. The van der Waals surface area contributed by atoms with E-state index in [1.807, 2.05) is 18.7 Å². The summed E-state index contributed by atoms with van der Waals surface area (Å²) >= 11 is 0. The van der Waals surface area contributed by atoms with Gasteiger partial charge in [0.2, 0.25) is 0 Å². The normalized spacial score (nSPS) is 18.7. The van der Waals surface area contributed by atoms with Crippen LogP contribution in [0.25, 0.3) is 0 Å². The molecule has 9 heteroatoms. The summed E-state index contributed by atoms with van der Waals surface area (Å²) in [4.78, 5) is 13.4. The maximum Gasteiger partial charge on any atom is 0.341 e. The SMILES string of the molecule is COC1(OC)Nc2c(N)nc(OC(C)C)nc2N1CCCCCN1CCCCC1. The Kier molecular flexibility index (Phi) is 7.37. The minimum Gasteiger partial charge on any atom is -0.461 e. The van der Waals surface area contributed by atoms with Gasteiger partial charge in [-0.3, -0.25) is 4.90 Å². The molecule has 0 bridgehead atoms. The van der Waals surface area contributed by atoms with Crippen LogP contribution >= 0.6 is 0 Å². The number of nitrogen functional groups attached to an aromatic ring is 1. The van der Waals surface area contributed by atoms with Crippen molar-refractivity contribution in [3.05, 3.63) is 0 Å². The molecule has 164 valence electrons. The van der Waals surface area contributed by atoms with E-state index >= 15 is 0 Å². The van der Waals surface area contributed by atoms with Crippen LogP contribution in [-0.4, -0.2) is 67.4 Å². The molecule has 0 atom stereocenters. The first-order valence-electron chi connectivity index (χ1n) is 10.7. The van der Waals surface area contributed by atoms with Crippen molar-refractivity contribution in [2.75, 3.05) is 56.3 Å². The molecule has 0 saturated carbocycles. The van der Waals surface area contributed by atoms with Gasteiger partial charge < -0.3 is 30.2 Å². The van der Waals surface area contributed by atoms with Gasteiger partial charge in [-0.2, -0.15) is 9.97 Å². The highest BCUT2D eigenvalue weighted by molar-refractivity contribution is 5.82. The van der Waals surface area contributed by atoms with E-state index in [0.29, 0.717) is 17.3 Å². The van der Waals surface area contributed by atoms with Crippen LogP contribution in [0.15, 0.2) is 0 Å². The third-order valence-corrected chi connectivity index (χ3v) is 5.49. The van der Waals surface area contributed by atoms with Gasteiger partial charge in [0.15, 0.2) is 11.6 Å². The summed E-state index contributed by atoms with van der Waals surface area (Å²) in [5, 5.41) is 3.21. The second-order valence-corrected chi connectivity index (χ2v) is 7.99. The van der Waals surface area contributed by atoms with E-state index in [1.54, 1.807) is 14.2 Å². The van der Waals surface area contributed by atoms with Gasteiger partial charge in [0, 0.05) is 20.8 Å². The highest BCUT2D eigenvalue weighted by Gasteiger charge is 2.47. The van der Waals surface area contributed by atoms with Crippen molar-refractivity contribution in [3.63, 3.8) is 0 Å². The number of nitrogens with zero attached hydrogens (tertiary/aromatic N) is 4. The predicted molar refractivity (Wildman–Crippen MR) is 114 cm³/mol. The van der Waals surface area contributed by atoms with Crippen molar-refractivity contribution in [2.45, 2.75) is 64.5 Å². The number of hydrogen-bond donors (Lipinski definition) is 2. The maximum absolute atomic E-state index is 6.16. The van der Waals surface area contributed by atoms with Crippen LogP contribution in [0.3, 0.4) is 0 Å². The zero-order chi connectivity index (χ0) is 20.9. The molecule has 0 spiro atoms. The lowest BCUT2D eigenvalue weighted by molar-refractivity contribution is -0.181. The Morgan fingerprint density at radius 1 is 1.03 bits per heavy atom. The Hall–Kier alpha value is -1.84. The first-order chi connectivity index (χ1) is 14.0. The van der Waals surface area contributed by atoms with Crippen molar-refractivity contribution in [1.82, 2.24) is 14.9 Å². The molecule has 1 aromatic heterocycles. The third-order valence-electron chi connectivity index (χ3n) is 5.49. The standard InChI is InChI=1S/C20H36N6O3/c1-15(2)29-19-22-17(21)16-18(23-19)26(20(24-16,27-3)28-4)14-10-6-9-13-25-11-7-5-8-12-25/h15,24H,5-14H2,1-4H3,(H2,21,22,23). The number of methoxy groups -OCH3 is 2. The number of piperidine rings is 1. The summed E-state index contributed by atoms with van der Waals surface area (Å²) < 4.78 is 17.1. The molecule has 9 nitrogen and oxygen atoms in total. The van der Waals surface area contributed by atoms with Crippen LogP contribution in [0.5, 0.6) is 6.01 Å². The first kappa shape index (κ1) is 21.9. The highest BCUT2D eigenvalue weighted by Crippen LogP contribution is 2.43. The number of likely N-dealkylation sites (tertiary alicyclic amines) is 1. The molecule has 2 aliphatic heterocycles. The number of fused-ring (bicyclic) bond motifs is 1. The third kappa shape index (κ3) is 5.02. The zero-order valence-electron chi connectivity index (χ0n) is 18.2. The number of nitrogens with two attached hydrogens (primary N) is 1. The Labute approximate surface area is 173 Å². The van der Waals surface area contributed by atoms with Gasteiger partial charge in [-0.05, 0) is 59.2 Å². The highest BCUT2D eigenvalue weighted by atomic mass is 16.7. The van der Waals surface area contributed by atoms with E-state index in [-0.39, 0.29) is 12.1 Å².